The van der Waals surface area contributed by atoms with E-state index in [-0.39, 0.29) is 34.1 Å². The predicted molar refractivity (Wildman–Crippen MR) is 84.1 cm³/mol. The molecular formula is C16H16N2O4S. The first-order valence-corrected chi connectivity index (χ1v) is 8.85. The first kappa shape index (κ1) is 15.5. The van der Waals surface area contributed by atoms with Crippen LogP contribution in [0.1, 0.15) is 45.8 Å². The Bertz CT molecular complexity index is 883. The number of ketones is 1. The molecule has 2 heterocycles. The van der Waals surface area contributed by atoms with Gasteiger partial charge in [-0.15, -0.1) is 0 Å². The van der Waals surface area contributed by atoms with E-state index < -0.39 is 9.84 Å². The number of amides is 1. The van der Waals surface area contributed by atoms with Crippen LogP contribution in [-0.2, 0) is 9.84 Å². The molecule has 1 aliphatic rings. The third-order valence-corrected chi connectivity index (χ3v) is 5.76. The number of nitrogens with one attached hydrogen (secondary N) is 2. The van der Waals surface area contributed by atoms with Gasteiger partial charge in [0.1, 0.15) is 5.69 Å². The maximum atomic E-state index is 12.3. The molecule has 1 amide bonds. The average Bonchev–Trinajstić information content (AvgIpc) is 3.01. The van der Waals surface area contributed by atoms with Gasteiger partial charge in [-0.3, -0.25) is 9.59 Å². The SMILES string of the molecule is CC(=O)c1c[nH]c(C(=O)NC2CCS(=O)(=O)c3ccccc32)c1. The minimum atomic E-state index is -3.29. The normalized spacial score (nSPS) is 18.9. The smallest absolute Gasteiger partial charge is 0.268 e. The van der Waals surface area contributed by atoms with Gasteiger partial charge in [0.2, 0.25) is 0 Å². The monoisotopic (exact) mass is 332 g/mol. The summed E-state index contributed by atoms with van der Waals surface area (Å²) in [6.07, 6.45) is 1.81. The highest BCUT2D eigenvalue weighted by Crippen LogP contribution is 2.32. The second kappa shape index (κ2) is 5.66. The molecule has 0 saturated heterocycles. The van der Waals surface area contributed by atoms with E-state index >= 15 is 0 Å². The third-order valence-electron chi connectivity index (χ3n) is 3.94. The number of H-pyrrole nitrogens is 1. The highest BCUT2D eigenvalue weighted by molar-refractivity contribution is 7.91. The number of sulfone groups is 1. The fourth-order valence-electron chi connectivity index (χ4n) is 2.70. The van der Waals surface area contributed by atoms with Crippen LogP contribution in [0.25, 0.3) is 0 Å². The molecule has 1 unspecified atom stereocenters. The minimum absolute atomic E-state index is 0.00161. The fraction of sp³-hybridized carbons (Fsp3) is 0.250. The second-order valence-corrected chi connectivity index (χ2v) is 7.61. The molecule has 1 aromatic heterocycles. The highest BCUT2D eigenvalue weighted by Gasteiger charge is 2.31. The molecule has 2 aromatic rings. The van der Waals surface area contributed by atoms with Crippen molar-refractivity contribution < 1.29 is 18.0 Å². The van der Waals surface area contributed by atoms with E-state index in [9.17, 15) is 18.0 Å². The second-order valence-electron chi connectivity index (χ2n) is 5.53. The molecule has 3 rings (SSSR count). The zero-order chi connectivity index (χ0) is 16.6. The molecule has 6 nitrogen and oxygen atoms in total. The first-order chi connectivity index (χ1) is 10.9. The van der Waals surface area contributed by atoms with Gasteiger partial charge in [-0.05, 0) is 31.0 Å². The van der Waals surface area contributed by atoms with Gasteiger partial charge in [0.15, 0.2) is 15.6 Å². The summed E-state index contributed by atoms with van der Waals surface area (Å²) in [6.45, 7) is 1.42. The Morgan fingerprint density at radius 3 is 2.70 bits per heavy atom. The van der Waals surface area contributed by atoms with Gasteiger partial charge in [-0.25, -0.2) is 8.42 Å². The van der Waals surface area contributed by atoms with Crippen LogP contribution in [0.5, 0.6) is 0 Å². The molecule has 120 valence electrons. The van der Waals surface area contributed by atoms with Crippen molar-refractivity contribution in [2.45, 2.75) is 24.3 Å². The van der Waals surface area contributed by atoms with Crippen molar-refractivity contribution >= 4 is 21.5 Å². The predicted octanol–water partition coefficient (Wildman–Crippen LogP) is 1.87. The Kier molecular flexibility index (Phi) is 3.81. The Morgan fingerprint density at radius 2 is 2.00 bits per heavy atom. The molecule has 0 saturated carbocycles. The van der Waals surface area contributed by atoms with Gasteiger partial charge >= 0.3 is 0 Å². The van der Waals surface area contributed by atoms with Crippen LogP contribution in [0.15, 0.2) is 41.4 Å². The molecule has 0 spiro atoms. The summed E-state index contributed by atoms with van der Waals surface area (Å²) in [5.74, 6) is -0.496. The van der Waals surface area contributed by atoms with Gasteiger partial charge in [-0.2, -0.15) is 0 Å². The van der Waals surface area contributed by atoms with Crippen molar-refractivity contribution in [3.8, 4) is 0 Å². The number of aromatic amines is 1. The van der Waals surface area contributed by atoms with Gasteiger partial charge in [0, 0.05) is 11.8 Å². The molecular weight excluding hydrogens is 316 g/mol. The molecule has 1 atom stereocenters. The quantitative estimate of drug-likeness (QED) is 0.839. The van der Waals surface area contributed by atoms with Gasteiger partial charge in [0.05, 0.1) is 16.7 Å². The van der Waals surface area contributed by atoms with Crippen LogP contribution in [0.2, 0.25) is 0 Å². The van der Waals surface area contributed by atoms with E-state index in [0.29, 0.717) is 17.5 Å². The van der Waals surface area contributed by atoms with Crippen molar-refractivity contribution in [1.82, 2.24) is 10.3 Å². The molecule has 0 fully saturated rings. The molecule has 7 heteroatoms. The van der Waals surface area contributed by atoms with Crippen molar-refractivity contribution in [2.24, 2.45) is 0 Å². The van der Waals surface area contributed by atoms with Crippen LogP contribution < -0.4 is 5.32 Å². The van der Waals surface area contributed by atoms with E-state index in [1.54, 1.807) is 24.3 Å². The van der Waals surface area contributed by atoms with E-state index in [1.807, 2.05) is 0 Å². The summed E-state index contributed by atoms with van der Waals surface area (Å²) < 4.78 is 24.2. The van der Waals surface area contributed by atoms with Crippen LogP contribution in [-0.4, -0.2) is 30.8 Å². The molecule has 23 heavy (non-hydrogen) atoms. The number of hydrogen-bond donors (Lipinski definition) is 2. The van der Waals surface area contributed by atoms with Crippen molar-refractivity contribution in [1.29, 1.82) is 0 Å². The number of rotatable bonds is 3. The van der Waals surface area contributed by atoms with Crippen molar-refractivity contribution in [3.05, 3.63) is 53.3 Å². The molecule has 0 aliphatic carbocycles. The lowest BCUT2D eigenvalue weighted by molar-refractivity contribution is 0.0930. The summed E-state index contributed by atoms with van der Waals surface area (Å²) >= 11 is 0. The summed E-state index contributed by atoms with van der Waals surface area (Å²) in [5.41, 5.74) is 1.31. The topological polar surface area (TPSA) is 96.1 Å². The maximum absolute atomic E-state index is 12.3. The zero-order valence-electron chi connectivity index (χ0n) is 12.5. The highest BCUT2D eigenvalue weighted by atomic mass is 32.2. The van der Waals surface area contributed by atoms with E-state index in [2.05, 4.69) is 10.3 Å². The molecule has 0 radical (unpaired) electrons. The Labute approximate surface area is 133 Å². The third kappa shape index (κ3) is 2.92. The lowest BCUT2D eigenvalue weighted by Gasteiger charge is -2.26. The number of hydrogen-bond acceptors (Lipinski definition) is 4. The van der Waals surface area contributed by atoms with E-state index in [0.717, 1.165) is 0 Å². The van der Waals surface area contributed by atoms with Gasteiger partial charge < -0.3 is 10.3 Å². The van der Waals surface area contributed by atoms with Crippen LogP contribution in [0, 0.1) is 0 Å². The largest absolute Gasteiger partial charge is 0.356 e. The minimum Gasteiger partial charge on any atom is -0.356 e. The summed E-state index contributed by atoms with van der Waals surface area (Å²) in [5, 5.41) is 2.84. The van der Waals surface area contributed by atoms with Crippen LogP contribution in [0.4, 0.5) is 0 Å². The summed E-state index contributed by atoms with van der Waals surface area (Å²) in [4.78, 5) is 26.6. The van der Waals surface area contributed by atoms with Crippen molar-refractivity contribution in [3.63, 3.8) is 0 Å². The molecule has 0 bridgehead atoms. The Balaban J connectivity index is 1.86. The molecule has 1 aliphatic heterocycles. The first-order valence-electron chi connectivity index (χ1n) is 7.20. The number of carbonyl (C=O) groups is 2. The van der Waals surface area contributed by atoms with Crippen LogP contribution >= 0.6 is 0 Å². The Morgan fingerprint density at radius 1 is 1.26 bits per heavy atom. The van der Waals surface area contributed by atoms with E-state index in [1.165, 1.54) is 19.2 Å². The number of fused-ring (bicyclic) bond motifs is 1. The number of benzene rings is 1. The average molecular weight is 332 g/mol. The summed E-state index contributed by atoms with van der Waals surface area (Å²) in [7, 11) is -3.29. The number of aromatic nitrogens is 1. The standard InChI is InChI=1S/C16H16N2O4S/c1-10(19)11-8-14(17-9-11)16(20)18-13-6-7-23(21,22)15-5-3-2-4-12(13)15/h2-5,8-9,13,17H,6-7H2,1H3,(H,18,20). The van der Waals surface area contributed by atoms with Gasteiger partial charge in [-0.1, -0.05) is 18.2 Å². The Hall–Kier alpha value is -2.41. The summed E-state index contributed by atoms with van der Waals surface area (Å²) in [6, 6.07) is 7.82. The van der Waals surface area contributed by atoms with Crippen LogP contribution in [0.3, 0.4) is 0 Å². The molecule has 1 aromatic carbocycles. The lowest BCUT2D eigenvalue weighted by Crippen LogP contribution is -2.34. The van der Waals surface area contributed by atoms with Gasteiger partial charge in [0.25, 0.3) is 5.91 Å². The number of carbonyl (C=O) groups excluding carboxylic acids is 2. The lowest BCUT2D eigenvalue weighted by atomic mass is 10.0. The fourth-order valence-corrected chi connectivity index (χ4v) is 4.33. The maximum Gasteiger partial charge on any atom is 0.268 e. The number of Topliss-reactive ketones (excluding diaryl/α,β-unsaturated/α-hetero) is 1. The molecule has 2 N–H and O–H groups in total. The van der Waals surface area contributed by atoms with E-state index in [4.69, 9.17) is 0 Å². The zero-order valence-corrected chi connectivity index (χ0v) is 13.3. The van der Waals surface area contributed by atoms with Crippen molar-refractivity contribution in [2.75, 3.05) is 5.75 Å².